The van der Waals surface area contributed by atoms with E-state index in [4.69, 9.17) is 15.2 Å². The zero-order valence-electron chi connectivity index (χ0n) is 11.3. The van der Waals surface area contributed by atoms with Crippen molar-refractivity contribution in [3.63, 3.8) is 0 Å². The molecule has 3 N–H and O–H groups in total. The van der Waals surface area contributed by atoms with Gasteiger partial charge in [-0.3, -0.25) is 0 Å². The van der Waals surface area contributed by atoms with Gasteiger partial charge in [-0.1, -0.05) is 17.7 Å². The van der Waals surface area contributed by atoms with Crippen molar-refractivity contribution in [1.29, 1.82) is 0 Å². The third-order valence-electron chi connectivity index (χ3n) is 3.37. The third-order valence-corrected chi connectivity index (χ3v) is 3.37. The largest absolute Gasteiger partial charge is 0.496 e. The minimum atomic E-state index is -0.161. The molecule has 0 aliphatic carbocycles. The third kappa shape index (κ3) is 2.66. The van der Waals surface area contributed by atoms with E-state index in [0.29, 0.717) is 6.61 Å². The van der Waals surface area contributed by atoms with Crippen molar-refractivity contribution in [3.8, 4) is 5.75 Å². The Morgan fingerprint density at radius 1 is 1.44 bits per heavy atom. The van der Waals surface area contributed by atoms with Gasteiger partial charge in [-0.25, -0.2) is 0 Å². The molecule has 0 bridgehead atoms. The number of benzene rings is 1. The number of hydrogen-bond donors (Lipinski definition) is 2. The zero-order valence-corrected chi connectivity index (χ0v) is 11.3. The first-order valence-corrected chi connectivity index (χ1v) is 6.36. The van der Waals surface area contributed by atoms with Gasteiger partial charge < -0.3 is 20.5 Å². The van der Waals surface area contributed by atoms with Gasteiger partial charge in [0.25, 0.3) is 0 Å². The maximum absolute atomic E-state index is 6.34. The predicted molar refractivity (Wildman–Crippen MR) is 72.0 cm³/mol. The highest BCUT2D eigenvalue weighted by Gasteiger charge is 2.25. The normalized spacial score (nSPS) is 21.7. The number of ether oxygens (including phenoxy) is 2. The van der Waals surface area contributed by atoms with Gasteiger partial charge >= 0.3 is 0 Å². The lowest BCUT2D eigenvalue weighted by molar-refractivity contribution is 0.0118. The van der Waals surface area contributed by atoms with E-state index in [0.717, 1.165) is 30.0 Å². The maximum Gasteiger partial charge on any atom is 0.126 e. The van der Waals surface area contributed by atoms with E-state index in [1.807, 2.05) is 6.92 Å². The van der Waals surface area contributed by atoms with Crippen LogP contribution in [-0.4, -0.2) is 32.9 Å². The smallest absolute Gasteiger partial charge is 0.126 e. The molecule has 100 valence electrons. The summed E-state index contributed by atoms with van der Waals surface area (Å²) < 4.78 is 11.2. The Hall–Kier alpha value is -1.10. The molecule has 1 aromatic carbocycles. The van der Waals surface area contributed by atoms with Crippen molar-refractivity contribution in [2.75, 3.05) is 26.8 Å². The number of aryl methyl sites for hydroxylation is 2. The van der Waals surface area contributed by atoms with Crippen molar-refractivity contribution in [1.82, 2.24) is 5.32 Å². The molecule has 1 aliphatic heterocycles. The molecule has 0 radical (unpaired) electrons. The average molecular weight is 250 g/mol. The lowest BCUT2D eigenvalue weighted by Gasteiger charge is -2.30. The van der Waals surface area contributed by atoms with Gasteiger partial charge in [0.1, 0.15) is 5.75 Å². The molecule has 0 aromatic heterocycles. The molecule has 2 atom stereocenters. The Bertz CT molecular complexity index is 415. The van der Waals surface area contributed by atoms with E-state index < -0.39 is 0 Å². The van der Waals surface area contributed by atoms with Gasteiger partial charge in [0, 0.05) is 18.7 Å². The van der Waals surface area contributed by atoms with Gasteiger partial charge in [0.05, 0.1) is 25.9 Å². The summed E-state index contributed by atoms with van der Waals surface area (Å²) in [5.41, 5.74) is 9.68. The second-order valence-electron chi connectivity index (χ2n) is 4.84. The van der Waals surface area contributed by atoms with Crippen LogP contribution in [0, 0.1) is 13.8 Å². The van der Waals surface area contributed by atoms with E-state index in [-0.39, 0.29) is 12.1 Å². The van der Waals surface area contributed by atoms with Crippen LogP contribution in [-0.2, 0) is 4.74 Å². The fourth-order valence-electron chi connectivity index (χ4n) is 2.53. The fourth-order valence-corrected chi connectivity index (χ4v) is 2.53. The molecule has 4 nitrogen and oxygen atoms in total. The average Bonchev–Trinajstić information content (AvgIpc) is 2.38. The van der Waals surface area contributed by atoms with Crippen molar-refractivity contribution in [3.05, 3.63) is 28.8 Å². The number of nitrogens with one attached hydrogen (secondary N) is 1. The van der Waals surface area contributed by atoms with Crippen molar-refractivity contribution < 1.29 is 9.47 Å². The minimum absolute atomic E-state index is 0.00819. The van der Waals surface area contributed by atoms with Crippen LogP contribution in [0.15, 0.2) is 12.1 Å². The Morgan fingerprint density at radius 2 is 2.22 bits per heavy atom. The topological polar surface area (TPSA) is 56.5 Å². The quantitative estimate of drug-likeness (QED) is 0.849. The van der Waals surface area contributed by atoms with Crippen LogP contribution in [0.5, 0.6) is 5.75 Å². The molecular formula is C14H22N2O2. The van der Waals surface area contributed by atoms with Crippen LogP contribution in [0.2, 0.25) is 0 Å². The van der Waals surface area contributed by atoms with Crippen molar-refractivity contribution >= 4 is 0 Å². The molecule has 0 saturated carbocycles. The summed E-state index contributed by atoms with van der Waals surface area (Å²) in [7, 11) is 1.69. The minimum Gasteiger partial charge on any atom is -0.496 e. The summed E-state index contributed by atoms with van der Waals surface area (Å²) in [4.78, 5) is 0. The molecule has 1 aliphatic rings. The number of hydrogen-bond acceptors (Lipinski definition) is 4. The van der Waals surface area contributed by atoms with Crippen LogP contribution < -0.4 is 15.8 Å². The highest BCUT2D eigenvalue weighted by Crippen LogP contribution is 2.31. The monoisotopic (exact) mass is 250 g/mol. The first-order chi connectivity index (χ1) is 8.63. The van der Waals surface area contributed by atoms with Gasteiger partial charge in [-0.15, -0.1) is 0 Å². The number of morpholine rings is 1. The van der Waals surface area contributed by atoms with E-state index in [9.17, 15) is 0 Å². The summed E-state index contributed by atoms with van der Waals surface area (Å²) in [6, 6.07) is 4.04. The number of rotatable bonds is 3. The summed E-state index contributed by atoms with van der Waals surface area (Å²) in [6.07, 6.45) is 0.00819. The van der Waals surface area contributed by atoms with Gasteiger partial charge in [0.15, 0.2) is 0 Å². The molecule has 0 spiro atoms. The van der Waals surface area contributed by atoms with E-state index in [1.165, 1.54) is 5.56 Å². The Kier molecular flexibility index (Phi) is 4.22. The maximum atomic E-state index is 6.34. The molecule has 1 fully saturated rings. The molecule has 18 heavy (non-hydrogen) atoms. The molecule has 2 rings (SSSR count). The Morgan fingerprint density at radius 3 is 2.83 bits per heavy atom. The van der Waals surface area contributed by atoms with Crippen molar-refractivity contribution in [2.24, 2.45) is 5.73 Å². The molecule has 1 aromatic rings. The van der Waals surface area contributed by atoms with Crippen LogP contribution >= 0.6 is 0 Å². The summed E-state index contributed by atoms with van der Waals surface area (Å²) in [6.45, 7) is 6.51. The van der Waals surface area contributed by atoms with Crippen LogP contribution in [0.1, 0.15) is 22.7 Å². The Labute approximate surface area is 108 Å². The standard InChI is InChI=1S/C14H22N2O2/c1-9-6-10(2)14(17-3)11(7-9)13(15)12-8-16-4-5-18-12/h6-7,12-13,16H,4-5,8,15H2,1-3H3. The predicted octanol–water partition coefficient (Wildman–Crippen LogP) is 1.30. The van der Waals surface area contributed by atoms with Crippen LogP contribution in [0.4, 0.5) is 0 Å². The highest BCUT2D eigenvalue weighted by atomic mass is 16.5. The fraction of sp³-hybridized carbons (Fsp3) is 0.571. The Balaban J connectivity index is 2.30. The zero-order chi connectivity index (χ0) is 13.1. The lowest BCUT2D eigenvalue weighted by Crippen LogP contribution is -2.44. The van der Waals surface area contributed by atoms with Gasteiger partial charge in [0.2, 0.25) is 0 Å². The van der Waals surface area contributed by atoms with Gasteiger partial charge in [-0.05, 0) is 19.4 Å². The van der Waals surface area contributed by atoms with Gasteiger partial charge in [-0.2, -0.15) is 0 Å². The first kappa shape index (κ1) is 13.3. The molecular weight excluding hydrogens is 228 g/mol. The highest BCUT2D eigenvalue weighted by molar-refractivity contribution is 5.45. The van der Waals surface area contributed by atoms with Crippen LogP contribution in [0.25, 0.3) is 0 Å². The summed E-state index contributed by atoms with van der Waals surface area (Å²) in [5, 5.41) is 3.31. The van der Waals surface area contributed by atoms with Crippen LogP contribution in [0.3, 0.4) is 0 Å². The number of methoxy groups -OCH3 is 1. The molecule has 2 unspecified atom stereocenters. The molecule has 0 amide bonds. The first-order valence-electron chi connectivity index (χ1n) is 6.36. The van der Waals surface area contributed by atoms with E-state index in [1.54, 1.807) is 7.11 Å². The second-order valence-corrected chi connectivity index (χ2v) is 4.84. The number of nitrogens with two attached hydrogens (primary N) is 1. The van der Waals surface area contributed by atoms with Crippen molar-refractivity contribution in [2.45, 2.75) is 26.0 Å². The summed E-state index contributed by atoms with van der Waals surface area (Å²) >= 11 is 0. The second kappa shape index (κ2) is 5.69. The van der Waals surface area contributed by atoms with E-state index >= 15 is 0 Å². The summed E-state index contributed by atoms with van der Waals surface area (Å²) in [5.74, 6) is 0.877. The molecule has 4 heteroatoms. The lowest BCUT2D eigenvalue weighted by atomic mass is 9.96. The molecule has 1 saturated heterocycles. The molecule has 1 heterocycles. The van der Waals surface area contributed by atoms with E-state index in [2.05, 4.69) is 24.4 Å². The SMILES string of the molecule is COc1c(C)cc(C)cc1C(N)C1CNCCO1.